The van der Waals surface area contributed by atoms with Gasteiger partial charge in [-0.05, 0) is 40.2 Å². The van der Waals surface area contributed by atoms with E-state index in [1.54, 1.807) is 6.92 Å². The van der Waals surface area contributed by atoms with Crippen LogP contribution in [0.2, 0.25) is 0 Å². The summed E-state index contributed by atoms with van der Waals surface area (Å²) in [5.74, 6) is -0.408. The molecule has 0 saturated heterocycles. The Morgan fingerprint density at radius 3 is 2.30 bits per heavy atom. The lowest BCUT2D eigenvalue weighted by Gasteiger charge is -2.23. The van der Waals surface area contributed by atoms with Crippen molar-refractivity contribution in [1.29, 1.82) is 0 Å². The summed E-state index contributed by atoms with van der Waals surface area (Å²) in [5, 5.41) is 0. The molecule has 20 heavy (non-hydrogen) atoms. The summed E-state index contributed by atoms with van der Waals surface area (Å²) < 4.78 is 19.7. The number of carbonyl (C=O) groups excluding carboxylic acids is 1. The van der Waals surface area contributed by atoms with E-state index in [0.29, 0.717) is 6.61 Å². The van der Waals surface area contributed by atoms with Crippen molar-refractivity contribution in [2.75, 3.05) is 6.61 Å². The molecule has 0 aliphatic carbocycles. The number of nitrogens with one attached hydrogen (secondary N) is 1. The van der Waals surface area contributed by atoms with Crippen LogP contribution in [0.5, 0.6) is 0 Å². The van der Waals surface area contributed by atoms with E-state index in [0.717, 1.165) is 11.1 Å². The highest BCUT2D eigenvalue weighted by Crippen LogP contribution is 2.19. The molecule has 0 heterocycles. The summed E-state index contributed by atoms with van der Waals surface area (Å²) in [7, 11) is -1.35. The van der Waals surface area contributed by atoms with Crippen LogP contribution >= 0.6 is 0 Å². The Morgan fingerprint density at radius 1 is 1.30 bits per heavy atom. The van der Waals surface area contributed by atoms with Gasteiger partial charge in [-0.3, -0.25) is 0 Å². The number of esters is 1. The first kappa shape index (κ1) is 16.9. The second-order valence-corrected chi connectivity index (χ2v) is 7.59. The van der Waals surface area contributed by atoms with Gasteiger partial charge in [-0.25, -0.2) is 13.7 Å². The maximum atomic E-state index is 12.2. The van der Waals surface area contributed by atoms with Crippen LogP contribution in [0.25, 0.3) is 0 Å². The van der Waals surface area contributed by atoms with Gasteiger partial charge in [-0.1, -0.05) is 29.8 Å². The molecular weight excluding hydrogens is 274 g/mol. The molecule has 4 nitrogen and oxygen atoms in total. The van der Waals surface area contributed by atoms with Gasteiger partial charge in [0.25, 0.3) is 0 Å². The quantitative estimate of drug-likeness (QED) is 0.850. The summed E-state index contributed by atoms with van der Waals surface area (Å²) in [6.07, 6.45) is 0. The summed E-state index contributed by atoms with van der Waals surface area (Å²) in [6, 6.07) is 6.83. The summed E-state index contributed by atoms with van der Waals surface area (Å²) >= 11 is 0. The smallest absolute Gasteiger partial charge is 0.328 e. The first-order chi connectivity index (χ1) is 9.25. The maximum Gasteiger partial charge on any atom is 0.328 e. The van der Waals surface area contributed by atoms with Crippen molar-refractivity contribution in [1.82, 2.24) is 4.72 Å². The lowest BCUT2D eigenvalue weighted by atomic mass is 10.1. The van der Waals surface area contributed by atoms with Gasteiger partial charge in [0.05, 0.1) is 22.3 Å². The zero-order valence-electron chi connectivity index (χ0n) is 12.7. The second-order valence-electron chi connectivity index (χ2n) is 5.59. The molecule has 1 rings (SSSR count). The number of carbonyl (C=O) groups is 1. The third-order valence-electron chi connectivity index (χ3n) is 2.71. The third kappa shape index (κ3) is 4.72. The highest BCUT2D eigenvalue weighted by atomic mass is 32.2. The van der Waals surface area contributed by atoms with Crippen LogP contribution in [0, 0.1) is 6.92 Å². The van der Waals surface area contributed by atoms with Crippen LogP contribution in [0.1, 0.15) is 44.9 Å². The van der Waals surface area contributed by atoms with Gasteiger partial charge in [0.2, 0.25) is 0 Å². The molecule has 0 aliphatic rings. The Morgan fingerprint density at radius 2 is 1.85 bits per heavy atom. The van der Waals surface area contributed by atoms with E-state index >= 15 is 0 Å². The lowest BCUT2D eigenvalue weighted by molar-refractivity contribution is -0.145. The fourth-order valence-electron chi connectivity index (χ4n) is 1.52. The zero-order valence-corrected chi connectivity index (χ0v) is 13.5. The maximum absolute atomic E-state index is 12.2. The number of hydrogen-bond donors (Lipinski definition) is 1. The predicted molar refractivity (Wildman–Crippen MR) is 81.6 cm³/mol. The van der Waals surface area contributed by atoms with Crippen LogP contribution in [-0.2, 0) is 20.5 Å². The van der Waals surface area contributed by atoms with Crippen LogP contribution in [0.15, 0.2) is 24.3 Å². The Kier molecular flexibility index (Phi) is 5.89. The molecule has 1 aromatic rings. The molecule has 0 amide bonds. The summed E-state index contributed by atoms with van der Waals surface area (Å²) in [6.45, 7) is 9.59. The van der Waals surface area contributed by atoms with Gasteiger partial charge in [0.1, 0.15) is 6.04 Å². The minimum atomic E-state index is -1.35. The van der Waals surface area contributed by atoms with Crippen molar-refractivity contribution in [3.8, 4) is 0 Å². The van der Waals surface area contributed by atoms with Gasteiger partial charge >= 0.3 is 5.97 Å². The average molecular weight is 297 g/mol. The molecule has 0 aromatic heterocycles. The SMILES string of the molecule is CCOC(=O)[C@H](N[S@](=O)C(C)(C)C)c1ccc(C)cc1. The van der Waals surface area contributed by atoms with Crippen molar-refractivity contribution >= 4 is 17.0 Å². The average Bonchev–Trinajstić information content (AvgIpc) is 2.36. The molecule has 1 N–H and O–H groups in total. The van der Waals surface area contributed by atoms with E-state index in [1.165, 1.54) is 0 Å². The summed E-state index contributed by atoms with van der Waals surface area (Å²) in [5.41, 5.74) is 1.86. The Bertz CT molecular complexity index is 477. The zero-order chi connectivity index (χ0) is 15.3. The van der Waals surface area contributed by atoms with Crippen molar-refractivity contribution in [3.05, 3.63) is 35.4 Å². The normalized spacial score (nSPS) is 14.7. The molecule has 1 aromatic carbocycles. The molecule has 0 bridgehead atoms. The molecule has 0 unspecified atom stereocenters. The van der Waals surface area contributed by atoms with E-state index in [4.69, 9.17) is 4.74 Å². The van der Waals surface area contributed by atoms with Gasteiger partial charge in [0, 0.05) is 0 Å². The minimum Gasteiger partial charge on any atom is -0.465 e. The Hall–Kier alpha value is -1.20. The van der Waals surface area contributed by atoms with Crippen LogP contribution in [-0.4, -0.2) is 21.5 Å². The van der Waals surface area contributed by atoms with Crippen molar-refractivity contribution in [2.24, 2.45) is 0 Å². The molecule has 0 saturated carbocycles. The number of rotatable bonds is 5. The van der Waals surface area contributed by atoms with Gasteiger partial charge in [0.15, 0.2) is 0 Å². The van der Waals surface area contributed by atoms with Crippen LogP contribution < -0.4 is 4.72 Å². The molecule has 112 valence electrons. The fraction of sp³-hybridized carbons (Fsp3) is 0.533. The highest BCUT2D eigenvalue weighted by Gasteiger charge is 2.28. The van der Waals surface area contributed by atoms with Crippen molar-refractivity contribution in [3.63, 3.8) is 0 Å². The van der Waals surface area contributed by atoms with E-state index in [9.17, 15) is 9.00 Å². The van der Waals surface area contributed by atoms with Crippen molar-refractivity contribution in [2.45, 2.75) is 45.4 Å². The van der Waals surface area contributed by atoms with Crippen LogP contribution in [0.3, 0.4) is 0 Å². The highest BCUT2D eigenvalue weighted by molar-refractivity contribution is 7.84. The molecule has 5 heteroatoms. The molecule has 0 spiro atoms. The number of aryl methyl sites for hydroxylation is 1. The first-order valence-electron chi connectivity index (χ1n) is 6.67. The van der Waals surface area contributed by atoms with Gasteiger partial charge in [-0.15, -0.1) is 0 Å². The van der Waals surface area contributed by atoms with Crippen LogP contribution in [0.4, 0.5) is 0 Å². The lowest BCUT2D eigenvalue weighted by Crippen LogP contribution is -2.39. The minimum absolute atomic E-state index is 0.297. The van der Waals surface area contributed by atoms with Crippen molar-refractivity contribution < 1.29 is 13.7 Å². The summed E-state index contributed by atoms with van der Waals surface area (Å²) in [4.78, 5) is 12.1. The van der Waals surface area contributed by atoms with E-state index in [-0.39, 0.29) is 0 Å². The van der Waals surface area contributed by atoms with E-state index in [1.807, 2.05) is 52.0 Å². The number of benzene rings is 1. The third-order valence-corrected chi connectivity index (χ3v) is 4.28. The Labute approximate surface area is 123 Å². The standard InChI is InChI=1S/C15H23NO3S/c1-6-19-14(17)13(16-20(18)15(3,4)5)12-9-7-11(2)8-10-12/h7-10,13,16H,6H2,1-5H3/t13-,20-/m1/s1. The van der Waals surface area contributed by atoms with Gasteiger partial charge in [-0.2, -0.15) is 0 Å². The van der Waals surface area contributed by atoms with E-state index < -0.39 is 27.7 Å². The molecular formula is C15H23NO3S. The first-order valence-corrected chi connectivity index (χ1v) is 7.82. The Balaban J connectivity index is 3.00. The predicted octanol–water partition coefficient (Wildman–Crippen LogP) is 2.65. The molecule has 0 radical (unpaired) electrons. The molecule has 0 aliphatic heterocycles. The fourth-order valence-corrected chi connectivity index (χ4v) is 2.32. The molecule has 0 fully saturated rings. The topological polar surface area (TPSA) is 55.4 Å². The number of hydrogen-bond acceptors (Lipinski definition) is 3. The van der Waals surface area contributed by atoms with E-state index in [2.05, 4.69) is 4.72 Å². The monoisotopic (exact) mass is 297 g/mol. The largest absolute Gasteiger partial charge is 0.465 e. The van der Waals surface area contributed by atoms with Gasteiger partial charge < -0.3 is 4.74 Å². The number of ether oxygens (including phenoxy) is 1. The molecule has 2 atom stereocenters. The second kappa shape index (κ2) is 6.99.